The topological polar surface area (TPSA) is 27.7 Å². The number of alkyl halides is 2. The quantitative estimate of drug-likeness (QED) is 0.315. The predicted molar refractivity (Wildman–Crippen MR) is 130 cm³/mol. The van der Waals surface area contributed by atoms with Crippen molar-refractivity contribution in [1.82, 2.24) is 0 Å². The van der Waals surface area contributed by atoms with Crippen molar-refractivity contribution in [3.05, 3.63) is 100 Å². The van der Waals surface area contributed by atoms with Crippen LogP contribution < -0.4 is 4.74 Å². The standard InChI is InChI=1S/C28H29ClF2O3/c1-2-32-23-11-8-19(9-12-23)14-22-15-21(10-13-25(22)29)26-16-24(17-27(34-26)28(30)31)33-18-20-6-4-3-5-7-20/h3-13,15,24,26-28H,2,14,16-18H2,1H3. The molecule has 0 aliphatic carbocycles. The van der Waals surface area contributed by atoms with E-state index >= 15 is 0 Å². The highest BCUT2D eigenvalue weighted by molar-refractivity contribution is 6.31. The molecule has 0 N–H and O–H groups in total. The van der Waals surface area contributed by atoms with E-state index in [1.165, 1.54) is 0 Å². The molecule has 0 spiro atoms. The highest BCUT2D eigenvalue weighted by atomic mass is 35.5. The molecule has 0 saturated carbocycles. The van der Waals surface area contributed by atoms with Gasteiger partial charge in [0.25, 0.3) is 6.43 Å². The average molecular weight is 487 g/mol. The van der Waals surface area contributed by atoms with Gasteiger partial charge in [-0.1, -0.05) is 66.2 Å². The van der Waals surface area contributed by atoms with Gasteiger partial charge in [0.1, 0.15) is 11.9 Å². The van der Waals surface area contributed by atoms with Crippen LogP contribution in [0.4, 0.5) is 8.78 Å². The van der Waals surface area contributed by atoms with E-state index in [9.17, 15) is 8.78 Å². The summed E-state index contributed by atoms with van der Waals surface area (Å²) in [5.74, 6) is 0.821. The average Bonchev–Trinajstić information content (AvgIpc) is 2.86. The second-order valence-electron chi connectivity index (χ2n) is 8.49. The van der Waals surface area contributed by atoms with Gasteiger partial charge in [-0.25, -0.2) is 8.78 Å². The molecule has 0 aromatic heterocycles. The van der Waals surface area contributed by atoms with Crippen molar-refractivity contribution < 1.29 is 23.0 Å². The van der Waals surface area contributed by atoms with Gasteiger partial charge in [-0.2, -0.15) is 0 Å². The molecule has 0 bridgehead atoms. The highest BCUT2D eigenvalue weighted by Gasteiger charge is 2.36. The summed E-state index contributed by atoms with van der Waals surface area (Å²) >= 11 is 6.48. The van der Waals surface area contributed by atoms with Crippen LogP contribution >= 0.6 is 11.6 Å². The Bertz CT molecular complexity index is 1040. The molecule has 6 heteroatoms. The third kappa shape index (κ3) is 6.56. The first kappa shape index (κ1) is 24.6. The number of halogens is 3. The Morgan fingerprint density at radius 3 is 2.44 bits per heavy atom. The van der Waals surface area contributed by atoms with Crippen molar-refractivity contribution in [2.24, 2.45) is 0 Å². The Morgan fingerprint density at radius 2 is 1.74 bits per heavy atom. The maximum atomic E-state index is 13.7. The minimum Gasteiger partial charge on any atom is -0.494 e. The summed E-state index contributed by atoms with van der Waals surface area (Å²) in [6.07, 6.45) is -3.22. The minimum atomic E-state index is -2.57. The number of ether oxygens (including phenoxy) is 3. The van der Waals surface area contributed by atoms with Gasteiger partial charge < -0.3 is 14.2 Å². The van der Waals surface area contributed by atoms with Gasteiger partial charge >= 0.3 is 0 Å². The lowest BCUT2D eigenvalue weighted by Gasteiger charge is -2.35. The zero-order valence-corrected chi connectivity index (χ0v) is 19.9. The van der Waals surface area contributed by atoms with Crippen molar-refractivity contribution >= 4 is 11.6 Å². The van der Waals surface area contributed by atoms with Crippen molar-refractivity contribution in [2.75, 3.05) is 6.61 Å². The third-order valence-electron chi connectivity index (χ3n) is 5.99. The van der Waals surface area contributed by atoms with Crippen LogP contribution in [-0.2, 0) is 22.5 Å². The molecule has 180 valence electrons. The maximum Gasteiger partial charge on any atom is 0.264 e. The maximum absolute atomic E-state index is 13.7. The molecule has 0 radical (unpaired) electrons. The fourth-order valence-electron chi connectivity index (χ4n) is 4.24. The van der Waals surface area contributed by atoms with Gasteiger partial charge in [0, 0.05) is 17.9 Å². The van der Waals surface area contributed by atoms with Crippen molar-refractivity contribution in [3.63, 3.8) is 0 Å². The third-order valence-corrected chi connectivity index (χ3v) is 6.36. The molecule has 3 atom stereocenters. The van der Waals surface area contributed by atoms with Crippen molar-refractivity contribution in [3.8, 4) is 5.75 Å². The monoisotopic (exact) mass is 486 g/mol. The van der Waals surface area contributed by atoms with E-state index in [-0.39, 0.29) is 12.5 Å². The van der Waals surface area contributed by atoms with Gasteiger partial charge in [0.15, 0.2) is 0 Å². The fraction of sp³-hybridized carbons (Fsp3) is 0.357. The molecule has 0 amide bonds. The molecule has 1 fully saturated rings. The molecule has 3 unspecified atom stereocenters. The Hall–Kier alpha value is -2.47. The van der Waals surface area contributed by atoms with Gasteiger partial charge in [-0.3, -0.25) is 0 Å². The minimum absolute atomic E-state index is 0.174. The molecule has 3 aromatic rings. The Kier molecular flexibility index (Phi) is 8.54. The van der Waals surface area contributed by atoms with E-state index in [4.69, 9.17) is 25.8 Å². The molecule has 34 heavy (non-hydrogen) atoms. The van der Waals surface area contributed by atoms with Crippen LogP contribution in [0.25, 0.3) is 0 Å². The Morgan fingerprint density at radius 1 is 0.971 bits per heavy atom. The summed E-state index contributed by atoms with van der Waals surface area (Å²) in [6, 6.07) is 23.3. The van der Waals surface area contributed by atoms with E-state index in [1.54, 1.807) is 0 Å². The lowest BCUT2D eigenvalue weighted by atomic mass is 9.93. The smallest absolute Gasteiger partial charge is 0.264 e. The van der Waals surface area contributed by atoms with Crippen LogP contribution in [0.1, 0.15) is 48.1 Å². The van der Waals surface area contributed by atoms with Gasteiger partial charge in [0.05, 0.1) is 25.4 Å². The molecule has 1 saturated heterocycles. The lowest BCUT2D eigenvalue weighted by Crippen LogP contribution is -2.37. The molecule has 1 aliphatic heterocycles. The van der Waals surface area contributed by atoms with E-state index in [0.29, 0.717) is 31.1 Å². The van der Waals surface area contributed by atoms with Gasteiger partial charge in [-0.05, 0) is 53.8 Å². The first-order valence-corrected chi connectivity index (χ1v) is 12.0. The van der Waals surface area contributed by atoms with Crippen molar-refractivity contribution in [2.45, 2.75) is 57.5 Å². The molecule has 1 aliphatic rings. The second kappa shape index (κ2) is 11.8. The Balaban J connectivity index is 1.48. The van der Waals surface area contributed by atoms with Gasteiger partial charge in [-0.15, -0.1) is 0 Å². The highest BCUT2D eigenvalue weighted by Crippen LogP contribution is 2.37. The molecular weight excluding hydrogens is 458 g/mol. The van der Waals surface area contributed by atoms with E-state index < -0.39 is 18.6 Å². The summed E-state index contributed by atoms with van der Waals surface area (Å²) in [6.45, 7) is 2.95. The van der Waals surface area contributed by atoms with Crippen molar-refractivity contribution in [1.29, 1.82) is 0 Å². The number of benzene rings is 3. The normalized spacial score (nSPS) is 20.4. The van der Waals surface area contributed by atoms with E-state index in [0.717, 1.165) is 28.0 Å². The summed E-state index contributed by atoms with van der Waals surface area (Å²) in [4.78, 5) is 0. The first-order chi connectivity index (χ1) is 16.5. The summed E-state index contributed by atoms with van der Waals surface area (Å²) in [5, 5.41) is 0.635. The van der Waals surface area contributed by atoms with Crippen LogP contribution in [0.2, 0.25) is 5.02 Å². The number of rotatable bonds is 9. The second-order valence-corrected chi connectivity index (χ2v) is 8.90. The van der Waals surface area contributed by atoms with E-state index in [1.807, 2.05) is 79.7 Å². The largest absolute Gasteiger partial charge is 0.494 e. The number of hydrogen-bond donors (Lipinski definition) is 0. The fourth-order valence-corrected chi connectivity index (χ4v) is 4.42. The summed E-state index contributed by atoms with van der Waals surface area (Å²) < 4.78 is 44.7. The summed E-state index contributed by atoms with van der Waals surface area (Å²) in [7, 11) is 0. The Labute approximate surface area is 204 Å². The van der Waals surface area contributed by atoms with Crippen LogP contribution in [-0.4, -0.2) is 25.2 Å². The zero-order chi connectivity index (χ0) is 23.9. The molecule has 3 nitrogen and oxygen atoms in total. The van der Waals surface area contributed by atoms with Crippen LogP contribution in [0.15, 0.2) is 72.8 Å². The van der Waals surface area contributed by atoms with Crippen LogP contribution in [0.3, 0.4) is 0 Å². The lowest BCUT2D eigenvalue weighted by molar-refractivity contribution is -0.163. The molecular formula is C28H29ClF2O3. The van der Waals surface area contributed by atoms with Crippen LogP contribution in [0, 0.1) is 0 Å². The van der Waals surface area contributed by atoms with Crippen LogP contribution in [0.5, 0.6) is 5.75 Å². The van der Waals surface area contributed by atoms with E-state index in [2.05, 4.69) is 0 Å². The first-order valence-electron chi connectivity index (χ1n) is 11.6. The van der Waals surface area contributed by atoms with Gasteiger partial charge in [0.2, 0.25) is 0 Å². The predicted octanol–water partition coefficient (Wildman–Crippen LogP) is 7.40. The molecule has 3 aromatic carbocycles. The summed E-state index contributed by atoms with van der Waals surface area (Å²) in [5.41, 5.74) is 3.86. The SMILES string of the molecule is CCOc1ccc(Cc2cc(C3CC(OCc4ccccc4)CC(C(F)F)O3)ccc2Cl)cc1. The zero-order valence-electron chi connectivity index (χ0n) is 19.1. The molecule has 1 heterocycles. The molecule has 4 rings (SSSR count). The number of hydrogen-bond acceptors (Lipinski definition) is 3.